The lowest BCUT2D eigenvalue weighted by Gasteiger charge is -2.23. The van der Waals surface area contributed by atoms with Gasteiger partial charge in [-0.2, -0.15) is 0 Å². The average molecular weight is 183 g/mol. The van der Waals surface area contributed by atoms with Gasteiger partial charge < -0.3 is 9.69 Å². The van der Waals surface area contributed by atoms with Crippen LogP contribution in [0.2, 0.25) is 0 Å². The van der Waals surface area contributed by atoms with E-state index in [1.165, 1.54) is 0 Å². The zero-order valence-corrected chi connectivity index (χ0v) is 8.27. The van der Waals surface area contributed by atoms with Gasteiger partial charge in [0.25, 0.3) is 0 Å². The molecule has 1 saturated heterocycles. The van der Waals surface area contributed by atoms with Gasteiger partial charge in [-0.3, -0.25) is 4.79 Å². The van der Waals surface area contributed by atoms with Crippen molar-refractivity contribution in [3.63, 3.8) is 0 Å². The second-order valence-electron chi connectivity index (χ2n) is 3.81. The number of nitrogens with zero attached hydrogens (tertiary/aromatic N) is 1. The molecule has 0 aromatic carbocycles. The Hall–Kier alpha value is -0.860. The van der Waals surface area contributed by atoms with Crippen LogP contribution in [0.1, 0.15) is 26.7 Å². The summed E-state index contributed by atoms with van der Waals surface area (Å²) in [6, 6.07) is -0.174. The quantitative estimate of drug-likeness (QED) is 0.611. The van der Waals surface area contributed by atoms with Gasteiger partial charge >= 0.3 is 0 Å². The molecule has 0 bridgehead atoms. The van der Waals surface area contributed by atoms with Crippen LogP contribution in [-0.2, 0) is 9.59 Å². The minimum Gasteiger partial charge on any atom is -0.335 e. The van der Waals surface area contributed by atoms with Gasteiger partial charge in [0.1, 0.15) is 6.29 Å². The molecular formula is C10H17NO2. The molecular weight excluding hydrogens is 166 g/mol. The van der Waals surface area contributed by atoms with Gasteiger partial charge in [-0.25, -0.2) is 0 Å². The predicted molar refractivity (Wildman–Crippen MR) is 50.2 cm³/mol. The van der Waals surface area contributed by atoms with Crippen molar-refractivity contribution < 1.29 is 9.59 Å². The fourth-order valence-corrected chi connectivity index (χ4v) is 2.09. The highest BCUT2D eigenvalue weighted by molar-refractivity contribution is 5.65. The van der Waals surface area contributed by atoms with Crippen LogP contribution < -0.4 is 0 Å². The topological polar surface area (TPSA) is 37.4 Å². The van der Waals surface area contributed by atoms with Crippen LogP contribution in [0.15, 0.2) is 0 Å². The fraction of sp³-hybridized carbons (Fsp3) is 0.800. The maximum absolute atomic E-state index is 10.8. The number of rotatable bonds is 4. The lowest BCUT2D eigenvalue weighted by molar-refractivity contribution is -0.124. The summed E-state index contributed by atoms with van der Waals surface area (Å²) in [5, 5.41) is 0. The van der Waals surface area contributed by atoms with Crippen molar-refractivity contribution in [2.45, 2.75) is 32.7 Å². The Bertz CT molecular complexity index is 193. The first kappa shape index (κ1) is 10.2. The van der Waals surface area contributed by atoms with Gasteiger partial charge in [0.05, 0.1) is 6.04 Å². The van der Waals surface area contributed by atoms with E-state index in [2.05, 4.69) is 13.8 Å². The molecule has 0 aliphatic carbocycles. The fourth-order valence-electron chi connectivity index (χ4n) is 2.09. The minimum absolute atomic E-state index is 0.174. The highest BCUT2D eigenvalue weighted by Gasteiger charge is 2.35. The average Bonchev–Trinajstić information content (AvgIpc) is 2.58. The molecule has 0 N–H and O–H groups in total. The number of hydrogen-bond donors (Lipinski definition) is 0. The Morgan fingerprint density at radius 2 is 2.23 bits per heavy atom. The summed E-state index contributed by atoms with van der Waals surface area (Å²) in [6.45, 7) is 5.01. The first-order valence-electron chi connectivity index (χ1n) is 4.90. The molecule has 1 fully saturated rings. The normalized spacial score (nSPS) is 30.2. The number of hydrogen-bond acceptors (Lipinski definition) is 2. The molecule has 0 saturated carbocycles. The van der Waals surface area contributed by atoms with Crippen LogP contribution >= 0.6 is 0 Å². The molecule has 1 aliphatic rings. The van der Waals surface area contributed by atoms with Crippen LogP contribution in [0.4, 0.5) is 0 Å². The second kappa shape index (κ2) is 4.40. The largest absolute Gasteiger partial charge is 0.335 e. The summed E-state index contributed by atoms with van der Waals surface area (Å²) in [4.78, 5) is 23.0. The zero-order chi connectivity index (χ0) is 9.84. The Morgan fingerprint density at radius 3 is 2.69 bits per heavy atom. The molecule has 0 spiro atoms. The highest BCUT2D eigenvalue weighted by Crippen LogP contribution is 2.30. The van der Waals surface area contributed by atoms with Gasteiger partial charge in [0, 0.05) is 6.54 Å². The van der Waals surface area contributed by atoms with E-state index >= 15 is 0 Å². The van der Waals surface area contributed by atoms with Gasteiger partial charge in [0.2, 0.25) is 6.41 Å². The summed E-state index contributed by atoms with van der Waals surface area (Å²) in [7, 11) is 0. The van der Waals surface area contributed by atoms with Crippen molar-refractivity contribution in [1.29, 1.82) is 0 Å². The van der Waals surface area contributed by atoms with Gasteiger partial charge in [-0.15, -0.1) is 0 Å². The zero-order valence-electron chi connectivity index (χ0n) is 8.27. The maximum Gasteiger partial charge on any atom is 0.210 e. The monoisotopic (exact) mass is 183 g/mol. The molecule has 3 atom stereocenters. The molecule has 0 aromatic rings. The molecule has 1 rings (SSSR count). The summed E-state index contributed by atoms with van der Waals surface area (Å²) >= 11 is 0. The molecule has 13 heavy (non-hydrogen) atoms. The number of carbonyl (C=O) groups excluding carboxylic acids is 2. The van der Waals surface area contributed by atoms with E-state index in [0.29, 0.717) is 11.8 Å². The summed E-state index contributed by atoms with van der Waals surface area (Å²) in [5.41, 5.74) is 0. The number of likely N-dealkylation sites (tertiary alicyclic amines) is 1. The Labute approximate surface area is 79.1 Å². The standard InChI is InChI=1S/C10H17NO2/c1-3-8(2)9-4-5-11(7-13)10(9)6-12/h6-10H,3-5H2,1-2H3/t8?,9-,10?/m1/s1. The van der Waals surface area contributed by atoms with E-state index in [9.17, 15) is 9.59 Å². The first-order valence-corrected chi connectivity index (χ1v) is 4.90. The third kappa shape index (κ3) is 1.90. The molecule has 2 unspecified atom stereocenters. The van der Waals surface area contributed by atoms with Crippen LogP contribution in [0.5, 0.6) is 0 Å². The molecule has 3 nitrogen and oxygen atoms in total. The van der Waals surface area contributed by atoms with Gasteiger partial charge in [-0.1, -0.05) is 20.3 Å². The van der Waals surface area contributed by atoms with Crippen molar-refractivity contribution >= 4 is 12.7 Å². The summed E-state index contributed by atoms with van der Waals surface area (Å²) < 4.78 is 0. The van der Waals surface area contributed by atoms with Crippen LogP contribution in [0, 0.1) is 11.8 Å². The lowest BCUT2D eigenvalue weighted by atomic mass is 9.86. The van der Waals surface area contributed by atoms with E-state index in [1.54, 1.807) is 4.90 Å². The minimum atomic E-state index is -0.174. The third-order valence-electron chi connectivity index (χ3n) is 3.19. The first-order chi connectivity index (χ1) is 6.24. The van der Waals surface area contributed by atoms with Gasteiger partial charge in [-0.05, 0) is 18.3 Å². The lowest BCUT2D eigenvalue weighted by Crippen LogP contribution is -2.35. The van der Waals surface area contributed by atoms with Crippen LogP contribution in [-0.4, -0.2) is 30.2 Å². The second-order valence-corrected chi connectivity index (χ2v) is 3.81. The van der Waals surface area contributed by atoms with Crippen molar-refractivity contribution in [1.82, 2.24) is 4.90 Å². The SMILES string of the molecule is CCC(C)[C@H]1CCN(C=O)C1C=O. The Morgan fingerprint density at radius 1 is 1.54 bits per heavy atom. The van der Waals surface area contributed by atoms with Crippen molar-refractivity contribution in [3.05, 3.63) is 0 Å². The maximum atomic E-state index is 10.8. The van der Waals surface area contributed by atoms with Crippen molar-refractivity contribution in [2.24, 2.45) is 11.8 Å². The number of carbonyl (C=O) groups is 2. The Kier molecular flexibility index (Phi) is 3.46. The number of aldehydes is 1. The smallest absolute Gasteiger partial charge is 0.210 e. The number of amides is 1. The molecule has 3 heteroatoms. The van der Waals surface area contributed by atoms with E-state index in [4.69, 9.17) is 0 Å². The molecule has 0 radical (unpaired) electrons. The van der Waals surface area contributed by atoms with E-state index in [0.717, 1.165) is 32.1 Å². The molecule has 1 aliphatic heterocycles. The van der Waals surface area contributed by atoms with E-state index in [1.807, 2.05) is 0 Å². The molecule has 1 heterocycles. The predicted octanol–water partition coefficient (Wildman–Crippen LogP) is 1.08. The summed E-state index contributed by atoms with van der Waals surface area (Å²) in [5.74, 6) is 0.896. The third-order valence-corrected chi connectivity index (χ3v) is 3.19. The van der Waals surface area contributed by atoms with Crippen LogP contribution in [0.25, 0.3) is 0 Å². The van der Waals surface area contributed by atoms with Crippen molar-refractivity contribution in [3.8, 4) is 0 Å². The molecule has 0 aromatic heterocycles. The van der Waals surface area contributed by atoms with Crippen LogP contribution in [0.3, 0.4) is 0 Å². The Balaban J connectivity index is 2.66. The highest BCUT2D eigenvalue weighted by atomic mass is 16.1. The van der Waals surface area contributed by atoms with E-state index < -0.39 is 0 Å². The van der Waals surface area contributed by atoms with Crippen molar-refractivity contribution in [2.75, 3.05) is 6.54 Å². The van der Waals surface area contributed by atoms with Gasteiger partial charge in [0.15, 0.2) is 0 Å². The van der Waals surface area contributed by atoms with E-state index in [-0.39, 0.29) is 6.04 Å². The molecule has 74 valence electrons. The molecule has 1 amide bonds. The summed E-state index contributed by atoms with van der Waals surface area (Å²) in [6.07, 6.45) is 3.75.